The number of carboxylic acids is 2. The molecule has 254 valence electrons. The van der Waals surface area contributed by atoms with Crippen molar-refractivity contribution in [1.82, 2.24) is 19.9 Å². The Morgan fingerprint density at radius 3 is 1.46 bits per heavy atom. The number of hydrogen-bond acceptors (Lipinski definition) is 6. The third-order valence-electron chi connectivity index (χ3n) is 9.46. The van der Waals surface area contributed by atoms with Gasteiger partial charge in [-0.25, -0.2) is 9.97 Å². The molecule has 0 aliphatic carbocycles. The number of fused-ring (bicyclic) bond motifs is 8. The van der Waals surface area contributed by atoms with Crippen molar-refractivity contribution in [3.05, 3.63) is 69.3 Å². The summed E-state index contributed by atoms with van der Waals surface area (Å²) in [5.74, 6) is -1.78. The van der Waals surface area contributed by atoms with Crippen molar-refractivity contribution in [2.75, 3.05) is 13.2 Å². The lowest BCUT2D eigenvalue weighted by atomic mass is 9.98. The first kappa shape index (κ1) is 34.8. The van der Waals surface area contributed by atoms with E-state index >= 15 is 0 Å². The fourth-order valence-corrected chi connectivity index (χ4v) is 6.96. The van der Waals surface area contributed by atoms with Gasteiger partial charge in [0.2, 0.25) is 0 Å². The predicted molar refractivity (Wildman–Crippen MR) is 189 cm³/mol. The van der Waals surface area contributed by atoms with Gasteiger partial charge in [-0.05, 0) is 126 Å². The van der Waals surface area contributed by atoms with Crippen LogP contribution in [-0.4, -0.2) is 55.3 Å². The molecule has 48 heavy (non-hydrogen) atoms. The molecular weight excluding hydrogens is 608 g/mol. The fourth-order valence-electron chi connectivity index (χ4n) is 6.96. The number of allylic oxidation sites excluding steroid dienone is 4. The van der Waals surface area contributed by atoms with Gasteiger partial charge in [0.25, 0.3) is 0 Å². The highest BCUT2D eigenvalue weighted by molar-refractivity contribution is 5.96. The number of nitrogens with one attached hydrogen (secondary N) is 2. The van der Waals surface area contributed by atoms with E-state index in [0.29, 0.717) is 37.4 Å². The molecule has 0 fully saturated rings. The smallest absolute Gasteiger partial charge is 0.303 e. The monoisotopic (exact) mass is 654 g/mol. The summed E-state index contributed by atoms with van der Waals surface area (Å²) in [6.07, 6.45) is 0.137. The molecule has 2 aliphatic rings. The summed E-state index contributed by atoms with van der Waals surface area (Å²) >= 11 is 0. The van der Waals surface area contributed by atoms with Gasteiger partial charge in [0, 0.05) is 59.2 Å². The first-order valence-electron chi connectivity index (χ1n) is 16.7. The zero-order valence-electron chi connectivity index (χ0n) is 29.1. The predicted octanol–water partition coefficient (Wildman–Crippen LogP) is 8.72. The Kier molecular flexibility index (Phi) is 10.4. The number of aryl methyl sites for hydroxylation is 2. The lowest BCUT2D eigenvalue weighted by molar-refractivity contribution is -0.137. The molecule has 2 aliphatic heterocycles. The van der Waals surface area contributed by atoms with Crippen molar-refractivity contribution < 1.29 is 29.3 Å². The van der Waals surface area contributed by atoms with E-state index in [4.69, 9.17) is 19.4 Å². The van der Waals surface area contributed by atoms with Crippen molar-refractivity contribution in [3.8, 4) is 0 Å². The molecular formula is C38H46N4O6. The molecule has 10 nitrogen and oxygen atoms in total. The minimum atomic E-state index is -0.890. The maximum absolute atomic E-state index is 11.7. The number of rotatable bonds is 12. The molecule has 3 aromatic heterocycles. The third kappa shape index (κ3) is 6.86. The molecule has 0 saturated heterocycles. The maximum atomic E-state index is 11.7. The SMILES string of the molecule is CCOC(C)c1c(C)c2cc3[nH]c(cc4nc(cc5nc(cc1[nH]2)C(C)=C5CCC(=O)O)C(CCC(=O)O)=C4C)c(C)c3C(C)OCC. The Labute approximate surface area is 281 Å². The average Bonchev–Trinajstić information content (AvgIpc) is 3.68. The second-order valence-corrected chi connectivity index (χ2v) is 12.5. The Balaban J connectivity index is 1.95. The fraction of sp³-hybridized carbons (Fsp3) is 0.421. The summed E-state index contributed by atoms with van der Waals surface area (Å²) in [6.45, 7) is 17.3. The minimum Gasteiger partial charge on any atom is -0.481 e. The van der Waals surface area contributed by atoms with Crippen molar-refractivity contribution in [2.45, 2.75) is 93.3 Å². The second-order valence-electron chi connectivity index (χ2n) is 12.5. The molecule has 0 amide bonds. The Bertz CT molecular complexity index is 2000. The summed E-state index contributed by atoms with van der Waals surface area (Å²) in [6, 6.07) is 8.03. The number of aliphatic carboxylic acids is 2. The number of aromatic amines is 2. The molecule has 0 spiro atoms. The number of hydrogen-bond donors (Lipinski definition) is 4. The van der Waals surface area contributed by atoms with Crippen LogP contribution in [0.25, 0.3) is 44.4 Å². The van der Waals surface area contributed by atoms with E-state index in [9.17, 15) is 19.8 Å². The van der Waals surface area contributed by atoms with Gasteiger partial charge in [-0.3, -0.25) is 9.59 Å². The maximum Gasteiger partial charge on any atom is 0.303 e. The molecule has 3 aromatic rings. The molecule has 0 radical (unpaired) electrons. The van der Waals surface area contributed by atoms with Crippen molar-refractivity contribution in [3.63, 3.8) is 0 Å². The van der Waals surface area contributed by atoms with Crippen LogP contribution in [0.3, 0.4) is 0 Å². The Hall–Kier alpha value is -4.54. The van der Waals surface area contributed by atoms with Crippen LogP contribution in [0.2, 0.25) is 0 Å². The van der Waals surface area contributed by atoms with E-state index in [1.54, 1.807) is 0 Å². The van der Waals surface area contributed by atoms with Gasteiger partial charge in [0.1, 0.15) is 0 Å². The quantitative estimate of drug-likeness (QED) is 0.151. The van der Waals surface area contributed by atoms with Crippen molar-refractivity contribution in [2.24, 2.45) is 0 Å². The Morgan fingerprint density at radius 2 is 1.04 bits per heavy atom. The first-order chi connectivity index (χ1) is 22.8. The van der Waals surface area contributed by atoms with Crippen LogP contribution >= 0.6 is 0 Å². The van der Waals surface area contributed by atoms with Crippen LogP contribution in [0.4, 0.5) is 0 Å². The topological polar surface area (TPSA) is 150 Å². The zero-order chi connectivity index (χ0) is 34.9. The first-order valence-corrected chi connectivity index (χ1v) is 16.7. The standard InChI is InChI=1S/C38H46N4O6/c1-9-47-23(7)37-21(5)29-15-27-19(3)25(11-13-35(43)44)31(39-27)18-32-26(12-14-36(45)46)20(4)28(40-32)16-33-38(24(8)48-10-2)22(6)30(42-33)17-34(37)41-29/h15-18,23-24,41-42H,9-14H2,1-8H3,(H,43,44)(H,45,46). The molecule has 5 heterocycles. The molecule has 4 N–H and O–H groups in total. The van der Waals surface area contributed by atoms with Crippen LogP contribution in [-0.2, 0) is 19.1 Å². The molecule has 8 bridgehead atoms. The second kappa shape index (κ2) is 14.3. The van der Waals surface area contributed by atoms with Gasteiger partial charge < -0.3 is 29.7 Å². The van der Waals surface area contributed by atoms with Crippen LogP contribution in [0, 0.1) is 13.8 Å². The number of carbonyl (C=O) groups is 2. The van der Waals surface area contributed by atoms with E-state index in [1.165, 1.54) is 0 Å². The summed E-state index contributed by atoms with van der Waals surface area (Å²) < 4.78 is 12.2. The number of carboxylic acid groups (broad SMARTS) is 2. The number of aromatic nitrogens is 4. The van der Waals surface area contributed by atoms with E-state index in [2.05, 4.69) is 36.8 Å². The van der Waals surface area contributed by atoms with Crippen molar-refractivity contribution >= 4 is 56.3 Å². The molecule has 2 atom stereocenters. The minimum absolute atomic E-state index is 0.0447. The molecule has 10 heteroatoms. The summed E-state index contributed by atoms with van der Waals surface area (Å²) in [5.41, 5.74) is 13.9. The highest BCUT2D eigenvalue weighted by Gasteiger charge is 2.24. The van der Waals surface area contributed by atoms with Crippen molar-refractivity contribution in [1.29, 1.82) is 0 Å². The van der Waals surface area contributed by atoms with E-state index < -0.39 is 11.9 Å². The number of H-pyrrole nitrogens is 2. The largest absolute Gasteiger partial charge is 0.481 e. The van der Waals surface area contributed by atoms with E-state index in [1.807, 2.05) is 52.8 Å². The lowest BCUT2D eigenvalue weighted by Gasteiger charge is -2.12. The van der Waals surface area contributed by atoms with E-state index in [0.717, 1.165) is 78.0 Å². The number of nitrogens with zero attached hydrogens (tertiary/aromatic N) is 2. The van der Waals surface area contributed by atoms with Gasteiger partial charge in [-0.2, -0.15) is 0 Å². The number of ether oxygens (including phenoxy) is 2. The normalized spacial score (nSPS) is 14.5. The third-order valence-corrected chi connectivity index (χ3v) is 9.46. The van der Waals surface area contributed by atoms with Gasteiger partial charge in [-0.1, -0.05) is 0 Å². The zero-order valence-corrected chi connectivity index (χ0v) is 29.1. The highest BCUT2D eigenvalue weighted by Crippen LogP contribution is 2.39. The van der Waals surface area contributed by atoms with E-state index in [-0.39, 0.29) is 25.0 Å². The summed E-state index contributed by atoms with van der Waals surface area (Å²) in [7, 11) is 0. The lowest BCUT2D eigenvalue weighted by Crippen LogP contribution is -2.00. The molecule has 2 unspecified atom stereocenters. The van der Waals surface area contributed by atoms with Gasteiger partial charge in [0.05, 0.1) is 35.0 Å². The average molecular weight is 655 g/mol. The highest BCUT2D eigenvalue weighted by atomic mass is 16.5. The van der Waals surface area contributed by atoms with Gasteiger partial charge in [0.15, 0.2) is 0 Å². The van der Waals surface area contributed by atoms with Crippen LogP contribution in [0.1, 0.15) is 124 Å². The molecule has 5 rings (SSSR count). The van der Waals surface area contributed by atoms with Crippen LogP contribution < -0.4 is 0 Å². The molecule has 0 saturated carbocycles. The van der Waals surface area contributed by atoms with Gasteiger partial charge in [-0.15, -0.1) is 0 Å². The van der Waals surface area contributed by atoms with Crippen LogP contribution in [0.5, 0.6) is 0 Å². The molecule has 0 aromatic carbocycles. The van der Waals surface area contributed by atoms with Crippen LogP contribution in [0.15, 0.2) is 24.3 Å². The summed E-state index contributed by atoms with van der Waals surface area (Å²) in [4.78, 5) is 40.7. The summed E-state index contributed by atoms with van der Waals surface area (Å²) in [5, 5.41) is 19.1. The Morgan fingerprint density at radius 1 is 0.646 bits per heavy atom. The van der Waals surface area contributed by atoms with Gasteiger partial charge >= 0.3 is 11.9 Å².